The monoisotopic (exact) mass is 247 g/mol. The zero-order valence-corrected chi connectivity index (χ0v) is 9.72. The summed E-state index contributed by atoms with van der Waals surface area (Å²) in [7, 11) is 1.72. The molecule has 0 atom stereocenters. The minimum absolute atomic E-state index is 0.0149. The smallest absolute Gasteiger partial charge is 0.317 e. The van der Waals surface area contributed by atoms with Crippen molar-refractivity contribution in [2.45, 2.75) is 6.54 Å². The van der Waals surface area contributed by atoms with Crippen molar-refractivity contribution in [3.8, 4) is 0 Å². The third-order valence-electron chi connectivity index (χ3n) is 1.86. The Hall–Kier alpha value is -0.770. The number of carbonyl (C=O) groups is 1. The summed E-state index contributed by atoms with van der Waals surface area (Å²) in [5.74, 6) is -0.859. The molecule has 3 nitrogen and oxygen atoms in total. The minimum atomic E-state index is -0.859. The second kappa shape index (κ2) is 5.35. The van der Waals surface area contributed by atoms with E-state index >= 15 is 0 Å². The lowest BCUT2D eigenvalue weighted by Crippen LogP contribution is -2.25. The Kier molecular flexibility index (Phi) is 4.39. The number of carboxylic acids is 1. The normalized spacial score (nSPS) is 10.7. The summed E-state index contributed by atoms with van der Waals surface area (Å²) in [6.07, 6.45) is 0. The SMILES string of the molecule is CN(CC(=O)O)Cc1ccc(Cl)cc1Cl. The van der Waals surface area contributed by atoms with Crippen molar-refractivity contribution in [3.63, 3.8) is 0 Å². The van der Waals surface area contributed by atoms with Crippen LogP contribution in [0.4, 0.5) is 0 Å². The van der Waals surface area contributed by atoms with Gasteiger partial charge in [0.15, 0.2) is 0 Å². The molecule has 1 aromatic rings. The molecule has 0 fully saturated rings. The molecule has 1 aromatic carbocycles. The van der Waals surface area contributed by atoms with E-state index in [0.29, 0.717) is 16.6 Å². The first-order chi connectivity index (χ1) is 6.99. The molecule has 0 amide bonds. The highest BCUT2D eigenvalue weighted by Gasteiger charge is 2.07. The number of halogens is 2. The van der Waals surface area contributed by atoms with Gasteiger partial charge in [0.05, 0.1) is 6.54 Å². The maximum atomic E-state index is 10.4. The Labute approximate surface area is 98.2 Å². The molecule has 0 aliphatic heterocycles. The van der Waals surface area contributed by atoms with Crippen molar-refractivity contribution in [2.75, 3.05) is 13.6 Å². The van der Waals surface area contributed by atoms with Crippen molar-refractivity contribution < 1.29 is 9.90 Å². The summed E-state index contributed by atoms with van der Waals surface area (Å²) in [5, 5.41) is 9.71. The highest BCUT2D eigenvalue weighted by Crippen LogP contribution is 2.21. The summed E-state index contributed by atoms with van der Waals surface area (Å²) < 4.78 is 0. The zero-order valence-electron chi connectivity index (χ0n) is 8.20. The van der Waals surface area contributed by atoms with Crippen molar-refractivity contribution >= 4 is 29.2 Å². The predicted molar refractivity (Wildman–Crippen MR) is 60.4 cm³/mol. The quantitative estimate of drug-likeness (QED) is 0.889. The van der Waals surface area contributed by atoms with Crippen LogP contribution in [0.1, 0.15) is 5.56 Å². The number of likely N-dealkylation sites (N-methyl/N-ethyl adjacent to an activating group) is 1. The van der Waals surface area contributed by atoms with Gasteiger partial charge in [0.2, 0.25) is 0 Å². The first kappa shape index (κ1) is 12.3. The van der Waals surface area contributed by atoms with E-state index in [-0.39, 0.29) is 6.54 Å². The number of rotatable bonds is 4. The van der Waals surface area contributed by atoms with E-state index in [9.17, 15) is 4.79 Å². The van der Waals surface area contributed by atoms with Gasteiger partial charge in [-0.3, -0.25) is 9.69 Å². The van der Waals surface area contributed by atoms with E-state index in [1.807, 2.05) is 0 Å². The third-order valence-corrected chi connectivity index (χ3v) is 2.45. The van der Waals surface area contributed by atoms with E-state index in [0.717, 1.165) is 5.56 Å². The molecule has 1 N–H and O–H groups in total. The van der Waals surface area contributed by atoms with E-state index < -0.39 is 5.97 Å². The van der Waals surface area contributed by atoms with Gasteiger partial charge in [-0.15, -0.1) is 0 Å². The maximum Gasteiger partial charge on any atom is 0.317 e. The number of aliphatic carboxylic acids is 1. The molecule has 15 heavy (non-hydrogen) atoms. The summed E-state index contributed by atoms with van der Waals surface area (Å²) >= 11 is 11.7. The van der Waals surface area contributed by atoms with Crippen LogP contribution in [0, 0.1) is 0 Å². The average Bonchev–Trinajstić information content (AvgIpc) is 2.08. The number of hydrogen-bond donors (Lipinski definition) is 1. The molecule has 0 aliphatic carbocycles. The van der Waals surface area contributed by atoms with E-state index in [1.165, 1.54) is 0 Å². The molecule has 0 spiro atoms. The van der Waals surface area contributed by atoms with Crippen molar-refractivity contribution in [1.29, 1.82) is 0 Å². The first-order valence-electron chi connectivity index (χ1n) is 4.33. The average molecular weight is 248 g/mol. The summed E-state index contributed by atoms with van der Waals surface area (Å²) in [5.41, 5.74) is 0.866. The summed E-state index contributed by atoms with van der Waals surface area (Å²) in [4.78, 5) is 12.1. The number of carboxylic acid groups (broad SMARTS) is 1. The lowest BCUT2D eigenvalue weighted by Gasteiger charge is -2.14. The van der Waals surface area contributed by atoms with Crippen LogP contribution in [0.2, 0.25) is 10.0 Å². The third kappa shape index (κ3) is 4.08. The molecule has 0 bridgehead atoms. The molecule has 0 aliphatic rings. The minimum Gasteiger partial charge on any atom is -0.480 e. The first-order valence-corrected chi connectivity index (χ1v) is 5.09. The molecule has 5 heteroatoms. The van der Waals surface area contributed by atoms with Crippen LogP contribution in [0.3, 0.4) is 0 Å². The van der Waals surface area contributed by atoms with Gasteiger partial charge in [-0.1, -0.05) is 29.3 Å². The lowest BCUT2D eigenvalue weighted by atomic mass is 10.2. The van der Waals surface area contributed by atoms with Crippen molar-refractivity contribution in [2.24, 2.45) is 0 Å². The molecule has 0 saturated heterocycles. The van der Waals surface area contributed by atoms with E-state index in [1.54, 1.807) is 30.1 Å². The fraction of sp³-hybridized carbons (Fsp3) is 0.300. The van der Waals surface area contributed by atoms with E-state index in [2.05, 4.69) is 0 Å². The Morgan fingerprint density at radius 2 is 2.13 bits per heavy atom. The van der Waals surface area contributed by atoms with Gasteiger partial charge in [0.25, 0.3) is 0 Å². The van der Waals surface area contributed by atoms with Crippen LogP contribution in [0.15, 0.2) is 18.2 Å². The second-order valence-corrected chi connectivity index (χ2v) is 4.15. The molecule has 82 valence electrons. The van der Waals surface area contributed by atoms with Crippen LogP contribution in [-0.2, 0) is 11.3 Å². The zero-order chi connectivity index (χ0) is 11.4. The van der Waals surface area contributed by atoms with Gasteiger partial charge in [-0.2, -0.15) is 0 Å². The van der Waals surface area contributed by atoms with Gasteiger partial charge in [0.1, 0.15) is 0 Å². The molecule has 0 radical (unpaired) electrons. The number of hydrogen-bond acceptors (Lipinski definition) is 2. The van der Waals surface area contributed by atoms with Gasteiger partial charge in [-0.05, 0) is 24.7 Å². The number of nitrogens with zero attached hydrogens (tertiary/aromatic N) is 1. The van der Waals surface area contributed by atoms with Gasteiger partial charge in [-0.25, -0.2) is 0 Å². The highest BCUT2D eigenvalue weighted by molar-refractivity contribution is 6.35. The van der Waals surface area contributed by atoms with Crippen LogP contribution < -0.4 is 0 Å². The Balaban J connectivity index is 2.68. The standard InChI is InChI=1S/C10H11Cl2NO2/c1-13(6-10(14)15)5-7-2-3-8(11)4-9(7)12/h2-4H,5-6H2,1H3,(H,14,15). The molecular formula is C10H11Cl2NO2. The van der Waals surface area contributed by atoms with Crippen LogP contribution in [-0.4, -0.2) is 29.6 Å². The molecule has 1 rings (SSSR count). The largest absolute Gasteiger partial charge is 0.480 e. The second-order valence-electron chi connectivity index (χ2n) is 3.30. The summed E-state index contributed by atoms with van der Waals surface area (Å²) in [6, 6.07) is 5.17. The van der Waals surface area contributed by atoms with Gasteiger partial charge >= 0.3 is 5.97 Å². The van der Waals surface area contributed by atoms with Gasteiger partial charge in [0, 0.05) is 16.6 Å². The Bertz CT molecular complexity index is 368. The highest BCUT2D eigenvalue weighted by atomic mass is 35.5. The van der Waals surface area contributed by atoms with Crippen LogP contribution in [0.5, 0.6) is 0 Å². The van der Waals surface area contributed by atoms with Gasteiger partial charge < -0.3 is 5.11 Å². The van der Waals surface area contributed by atoms with Crippen molar-refractivity contribution in [1.82, 2.24) is 4.90 Å². The molecular weight excluding hydrogens is 237 g/mol. The molecule has 0 heterocycles. The van der Waals surface area contributed by atoms with Crippen molar-refractivity contribution in [3.05, 3.63) is 33.8 Å². The predicted octanol–water partition coefficient (Wildman–Crippen LogP) is 2.51. The summed E-state index contributed by atoms with van der Waals surface area (Å²) in [6.45, 7) is 0.473. The fourth-order valence-corrected chi connectivity index (χ4v) is 1.70. The Morgan fingerprint density at radius 1 is 1.47 bits per heavy atom. The maximum absolute atomic E-state index is 10.4. The fourth-order valence-electron chi connectivity index (χ4n) is 1.23. The molecule has 0 aromatic heterocycles. The Morgan fingerprint density at radius 3 is 2.67 bits per heavy atom. The molecule has 0 unspecified atom stereocenters. The topological polar surface area (TPSA) is 40.5 Å². The van der Waals surface area contributed by atoms with Crippen LogP contribution in [0.25, 0.3) is 0 Å². The lowest BCUT2D eigenvalue weighted by molar-refractivity contribution is -0.138. The van der Waals surface area contributed by atoms with Crippen LogP contribution >= 0.6 is 23.2 Å². The number of benzene rings is 1. The molecule has 0 saturated carbocycles. The van der Waals surface area contributed by atoms with E-state index in [4.69, 9.17) is 28.3 Å².